The Kier molecular flexibility index (Phi) is 3.77. The normalized spacial score (nSPS) is 13.7. The summed E-state index contributed by atoms with van der Waals surface area (Å²) in [5, 5.41) is 6.94. The highest BCUT2D eigenvalue weighted by Crippen LogP contribution is 2.17. The first kappa shape index (κ1) is 13.5. The second kappa shape index (κ2) is 5.87. The summed E-state index contributed by atoms with van der Waals surface area (Å²) in [6, 6.07) is 7.47. The Morgan fingerprint density at radius 1 is 1.38 bits per heavy atom. The lowest BCUT2D eigenvalue weighted by atomic mass is 10.1. The van der Waals surface area contributed by atoms with Crippen LogP contribution in [-0.4, -0.2) is 34.8 Å². The zero-order chi connectivity index (χ0) is 14.7. The van der Waals surface area contributed by atoms with Crippen molar-refractivity contribution in [2.75, 3.05) is 13.7 Å². The maximum Gasteiger partial charge on any atom is 0.410 e. The maximum atomic E-state index is 12.1. The average molecular weight is 287 g/mol. The Morgan fingerprint density at radius 2 is 2.19 bits per heavy atom. The fourth-order valence-electron chi connectivity index (χ4n) is 2.34. The Morgan fingerprint density at radius 3 is 2.95 bits per heavy atom. The van der Waals surface area contributed by atoms with E-state index in [1.165, 1.54) is 0 Å². The van der Waals surface area contributed by atoms with Gasteiger partial charge in [0.05, 0.1) is 19.9 Å². The van der Waals surface area contributed by atoms with Crippen LogP contribution < -0.4 is 4.74 Å². The number of rotatable bonds is 3. The highest BCUT2D eigenvalue weighted by Gasteiger charge is 2.22. The standard InChI is InChI=1S/C15H17N3O3/c1-20-13-4-2-11(3-5-13)10-21-15(19)18-7-6-14-12(9-18)8-16-17-14/h2-5,8H,6-7,9-10H2,1H3,(H,16,17). The van der Waals surface area contributed by atoms with Crippen LogP contribution in [-0.2, 0) is 24.3 Å². The van der Waals surface area contributed by atoms with E-state index in [9.17, 15) is 4.79 Å². The number of nitrogens with zero attached hydrogens (tertiary/aromatic N) is 2. The molecule has 0 radical (unpaired) electrons. The minimum atomic E-state index is -0.294. The molecule has 0 saturated carbocycles. The predicted octanol–water partition coefficient (Wildman–Crippen LogP) is 2.11. The molecule has 6 heteroatoms. The number of ether oxygens (including phenoxy) is 2. The second-order valence-corrected chi connectivity index (χ2v) is 4.95. The number of carbonyl (C=O) groups excluding carboxylic acids is 1. The number of nitrogens with one attached hydrogen (secondary N) is 1. The zero-order valence-electron chi connectivity index (χ0n) is 11.8. The highest BCUT2D eigenvalue weighted by atomic mass is 16.6. The van der Waals surface area contributed by atoms with Gasteiger partial charge in [0.2, 0.25) is 0 Å². The number of hydrogen-bond donors (Lipinski definition) is 1. The van der Waals surface area contributed by atoms with Crippen molar-refractivity contribution < 1.29 is 14.3 Å². The Labute approximate surface area is 122 Å². The monoisotopic (exact) mass is 287 g/mol. The number of carbonyl (C=O) groups is 1. The first-order valence-electron chi connectivity index (χ1n) is 6.82. The number of H-pyrrole nitrogens is 1. The fourth-order valence-corrected chi connectivity index (χ4v) is 2.34. The van der Waals surface area contributed by atoms with E-state index in [0.717, 1.165) is 29.0 Å². The van der Waals surface area contributed by atoms with Gasteiger partial charge in [-0.2, -0.15) is 5.10 Å². The van der Waals surface area contributed by atoms with Crippen molar-refractivity contribution in [3.8, 4) is 5.75 Å². The molecule has 1 aliphatic heterocycles. The first-order valence-corrected chi connectivity index (χ1v) is 6.82. The number of amides is 1. The zero-order valence-corrected chi connectivity index (χ0v) is 11.8. The largest absolute Gasteiger partial charge is 0.497 e. The summed E-state index contributed by atoms with van der Waals surface area (Å²) in [5.41, 5.74) is 3.10. The molecule has 0 bridgehead atoms. The molecule has 1 aromatic heterocycles. The van der Waals surface area contributed by atoms with Crippen molar-refractivity contribution in [3.63, 3.8) is 0 Å². The molecule has 110 valence electrons. The third kappa shape index (κ3) is 2.99. The van der Waals surface area contributed by atoms with Crippen LogP contribution >= 0.6 is 0 Å². The molecule has 0 fully saturated rings. The summed E-state index contributed by atoms with van der Waals surface area (Å²) >= 11 is 0. The molecule has 21 heavy (non-hydrogen) atoms. The quantitative estimate of drug-likeness (QED) is 0.939. The van der Waals surface area contributed by atoms with Crippen LogP contribution in [0, 0.1) is 0 Å². The predicted molar refractivity (Wildman–Crippen MR) is 75.9 cm³/mol. The molecule has 0 spiro atoms. The Balaban J connectivity index is 1.54. The van der Waals surface area contributed by atoms with Gasteiger partial charge >= 0.3 is 6.09 Å². The van der Waals surface area contributed by atoms with Crippen LogP contribution in [0.2, 0.25) is 0 Å². The van der Waals surface area contributed by atoms with Crippen molar-refractivity contribution >= 4 is 6.09 Å². The lowest BCUT2D eigenvalue weighted by molar-refractivity contribution is 0.0917. The number of fused-ring (bicyclic) bond motifs is 1. The molecule has 0 aliphatic carbocycles. The van der Waals surface area contributed by atoms with Crippen LogP contribution in [0.4, 0.5) is 4.79 Å². The van der Waals surface area contributed by atoms with Crippen LogP contribution in [0.1, 0.15) is 16.8 Å². The molecule has 0 saturated heterocycles. The van der Waals surface area contributed by atoms with Crippen molar-refractivity contribution in [1.29, 1.82) is 0 Å². The number of benzene rings is 1. The molecule has 2 aromatic rings. The van der Waals surface area contributed by atoms with E-state index in [2.05, 4.69) is 10.2 Å². The molecule has 1 amide bonds. The molecule has 3 rings (SSSR count). The summed E-state index contributed by atoms with van der Waals surface area (Å²) in [6.45, 7) is 1.46. The molecule has 0 unspecified atom stereocenters. The van der Waals surface area contributed by atoms with E-state index in [1.54, 1.807) is 18.2 Å². The summed E-state index contributed by atoms with van der Waals surface area (Å²) in [6.07, 6.45) is 2.25. The van der Waals surface area contributed by atoms with Crippen LogP contribution in [0.5, 0.6) is 5.75 Å². The topological polar surface area (TPSA) is 67.5 Å². The summed E-state index contributed by atoms with van der Waals surface area (Å²) < 4.78 is 10.4. The van der Waals surface area contributed by atoms with E-state index in [1.807, 2.05) is 24.3 Å². The van der Waals surface area contributed by atoms with Crippen LogP contribution in [0.3, 0.4) is 0 Å². The third-order valence-corrected chi connectivity index (χ3v) is 3.58. The number of hydrogen-bond acceptors (Lipinski definition) is 4. The van der Waals surface area contributed by atoms with E-state index in [-0.39, 0.29) is 12.7 Å². The van der Waals surface area contributed by atoms with Gasteiger partial charge in [0.15, 0.2) is 0 Å². The lowest BCUT2D eigenvalue weighted by Gasteiger charge is -2.25. The van der Waals surface area contributed by atoms with Gasteiger partial charge in [0.1, 0.15) is 12.4 Å². The molecule has 1 N–H and O–H groups in total. The van der Waals surface area contributed by atoms with Gasteiger partial charge in [-0.1, -0.05) is 12.1 Å². The van der Waals surface area contributed by atoms with E-state index in [4.69, 9.17) is 9.47 Å². The average Bonchev–Trinajstić information content (AvgIpc) is 3.00. The lowest BCUT2D eigenvalue weighted by Crippen LogP contribution is -2.36. The van der Waals surface area contributed by atoms with Crippen LogP contribution in [0.15, 0.2) is 30.5 Å². The minimum Gasteiger partial charge on any atom is -0.497 e. The molecule has 1 aliphatic rings. The second-order valence-electron chi connectivity index (χ2n) is 4.95. The maximum absolute atomic E-state index is 12.1. The van der Waals surface area contributed by atoms with E-state index in [0.29, 0.717) is 13.1 Å². The first-order chi connectivity index (χ1) is 10.3. The molecular formula is C15H17N3O3. The number of aromatic amines is 1. The molecule has 2 heterocycles. The summed E-state index contributed by atoms with van der Waals surface area (Å²) in [5.74, 6) is 0.786. The third-order valence-electron chi connectivity index (χ3n) is 3.58. The Bertz CT molecular complexity index is 621. The molecule has 1 aromatic carbocycles. The van der Waals surface area contributed by atoms with E-state index < -0.39 is 0 Å². The van der Waals surface area contributed by atoms with Gasteiger partial charge in [0, 0.05) is 24.2 Å². The SMILES string of the molecule is COc1ccc(COC(=O)N2CCc3[nH]ncc3C2)cc1. The minimum absolute atomic E-state index is 0.261. The molecule has 0 atom stereocenters. The van der Waals surface area contributed by atoms with Gasteiger partial charge in [-0.15, -0.1) is 0 Å². The highest BCUT2D eigenvalue weighted by molar-refractivity contribution is 5.68. The van der Waals surface area contributed by atoms with Gasteiger partial charge in [0.25, 0.3) is 0 Å². The summed E-state index contributed by atoms with van der Waals surface area (Å²) in [7, 11) is 1.62. The molecular weight excluding hydrogens is 270 g/mol. The molecule has 6 nitrogen and oxygen atoms in total. The Hall–Kier alpha value is -2.50. The number of aromatic nitrogens is 2. The van der Waals surface area contributed by atoms with Crippen molar-refractivity contribution in [3.05, 3.63) is 47.3 Å². The van der Waals surface area contributed by atoms with Crippen molar-refractivity contribution in [2.45, 2.75) is 19.6 Å². The van der Waals surface area contributed by atoms with Gasteiger partial charge in [-0.3, -0.25) is 5.10 Å². The van der Waals surface area contributed by atoms with E-state index >= 15 is 0 Å². The van der Waals surface area contributed by atoms with Crippen molar-refractivity contribution in [2.24, 2.45) is 0 Å². The van der Waals surface area contributed by atoms with Crippen molar-refractivity contribution in [1.82, 2.24) is 15.1 Å². The smallest absolute Gasteiger partial charge is 0.410 e. The van der Waals surface area contributed by atoms with Gasteiger partial charge < -0.3 is 14.4 Å². The van der Waals surface area contributed by atoms with Gasteiger partial charge in [-0.05, 0) is 17.7 Å². The van der Waals surface area contributed by atoms with Crippen LogP contribution in [0.25, 0.3) is 0 Å². The fraction of sp³-hybridized carbons (Fsp3) is 0.333. The van der Waals surface area contributed by atoms with Gasteiger partial charge in [-0.25, -0.2) is 4.79 Å². The summed E-state index contributed by atoms with van der Waals surface area (Å²) in [4.78, 5) is 13.8. The number of methoxy groups -OCH3 is 1.